The Morgan fingerprint density at radius 2 is 1.88 bits per heavy atom. The SMILES string of the molecule is COc1cccc(-n2nnc(C(=O)NCc3ccc(CN4CCC(O)CC4)cc3)c2C)c1. The molecule has 0 radical (unpaired) electrons. The fourth-order valence-electron chi connectivity index (χ4n) is 3.89. The minimum atomic E-state index is -0.257. The highest BCUT2D eigenvalue weighted by Crippen LogP contribution is 2.18. The average molecular weight is 436 g/mol. The zero-order chi connectivity index (χ0) is 22.5. The molecule has 2 heterocycles. The van der Waals surface area contributed by atoms with Crippen LogP contribution in [0.1, 0.15) is 40.2 Å². The number of rotatable bonds is 7. The third-order valence-electron chi connectivity index (χ3n) is 5.85. The molecule has 1 aliphatic heterocycles. The summed E-state index contributed by atoms with van der Waals surface area (Å²) in [5.74, 6) is 0.456. The largest absolute Gasteiger partial charge is 0.497 e. The van der Waals surface area contributed by atoms with Crippen LogP contribution in [0, 0.1) is 6.92 Å². The number of nitrogens with zero attached hydrogens (tertiary/aromatic N) is 4. The lowest BCUT2D eigenvalue weighted by Gasteiger charge is -2.29. The van der Waals surface area contributed by atoms with Gasteiger partial charge in [-0.15, -0.1) is 5.10 Å². The number of piperidine rings is 1. The first kappa shape index (κ1) is 22.0. The van der Waals surface area contributed by atoms with Crippen molar-refractivity contribution in [1.82, 2.24) is 25.2 Å². The van der Waals surface area contributed by atoms with E-state index in [1.165, 1.54) is 5.56 Å². The van der Waals surface area contributed by atoms with Crippen LogP contribution >= 0.6 is 0 Å². The number of aromatic nitrogens is 3. The van der Waals surface area contributed by atoms with Gasteiger partial charge in [0.1, 0.15) is 5.75 Å². The van der Waals surface area contributed by atoms with Crippen molar-refractivity contribution in [2.75, 3.05) is 20.2 Å². The monoisotopic (exact) mass is 435 g/mol. The van der Waals surface area contributed by atoms with Crippen molar-refractivity contribution in [3.63, 3.8) is 0 Å². The summed E-state index contributed by atoms with van der Waals surface area (Å²) in [4.78, 5) is 15.0. The van der Waals surface area contributed by atoms with Crippen molar-refractivity contribution in [3.8, 4) is 11.4 Å². The van der Waals surface area contributed by atoms with E-state index >= 15 is 0 Å². The highest BCUT2D eigenvalue weighted by Gasteiger charge is 2.18. The quantitative estimate of drug-likeness (QED) is 0.592. The van der Waals surface area contributed by atoms with Gasteiger partial charge < -0.3 is 15.2 Å². The van der Waals surface area contributed by atoms with Crippen molar-refractivity contribution in [3.05, 3.63) is 71.0 Å². The number of hydrogen-bond donors (Lipinski definition) is 2. The van der Waals surface area contributed by atoms with Gasteiger partial charge in [-0.3, -0.25) is 9.69 Å². The molecule has 8 heteroatoms. The smallest absolute Gasteiger partial charge is 0.274 e. The third kappa shape index (κ3) is 5.15. The molecule has 0 saturated carbocycles. The zero-order valence-electron chi connectivity index (χ0n) is 18.5. The van der Waals surface area contributed by atoms with E-state index in [-0.39, 0.29) is 12.0 Å². The Kier molecular flexibility index (Phi) is 6.82. The summed E-state index contributed by atoms with van der Waals surface area (Å²) in [7, 11) is 1.61. The lowest BCUT2D eigenvalue weighted by atomic mass is 10.1. The van der Waals surface area contributed by atoms with Crippen LogP contribution in [0.3, 0.4) is 0 Å². The van der Waals surface area contributed by atoms with Gasteiger partial charge in [0.2, 0.25) is 0 Å². The number of likely N-dealkylation sites (tertiary alicyclic amines) is 1. The Morgan fingerprint density at radius 3 is 2.59 bits per heavy atom. The van der Waals surface area contributed by atoms with Crippen molar-refractivity contribution in [2.45, 2.75) is 39.0 Å². The lowest BCUT2D eigenvalue weighted by Crippen LogP contribution is -2.35. The average Bonchev–Trinajstić information content (AvgIpc) is 3.21. The lowest BCUT2D eigenvalue weighted by molar-refractivity contribution is 0.0792. The van der Waals surface area contributed by atoms with Crippen LogP contribution < -0.4 is 10.1 Å². The van der Waals surface area contributed by atoms with Crippen LogP contribution in [0.5, 0.6) is 5.75 Å². The van der Waals surface area contributed by atoms with Gasteiger partial charge in [0, 0.05) is 32.2 Å². The van der Waals surface area contributed by atoms with Gasteiger partial charge in [-0.05, 0) is 43.0 Å². The van der Waals surface area contributed by atoms with E-state index in [0.29, 0.717) is 23.7 Å². The number of carbonyl (C=O) groups is 1. The summed E-state index contributed by atoms with van der Waals surface area (Å²) in [6, 6.07) is 15.7. The van der Waals surface area contributed by atoms with Gasteiger partial charge >= 0.3 is 0 Å². The number of methoxy groups -OCH3 is 1. The van der Waals surface area contributed by atoms with Crippen LogP contribution in [0.4, 0.5) is 0 Å². The molecule has 0 spiro atoms. The van der Waals surface area contributed by atoms with E-state index in [9.17, 15) is 9.90 Å². The second-order valence-corrected chi connectivity index (χ2v) is 8.14. The fraction of sp³-hybridized carbons (Fsp3) is 0.375. The summed E-state index contributed by atoms with van der Waals surface area (Å²) in [6.07, 6.45) is 1.52. The summed E-state index contributed by atoms with van der Waals surface area (Å²) in [5.41, 5.74) is 4.00. The molecule has 1 aliphatic rings. The highest BCUT2D eigenvalue weighted by atomic mass is 16.5. The molecule has 2 aromatic carbocycles. The molecule has 168 valence electrons. The Hall–Kier alpha value is -3.23. The van der Waals surface area contributed by atoms with Crippen LogP contribution in [-0.2, 0) is 13.1 Å². The number of aliphatic hydroxyl groups excluding tert-OH is 1. The minimum absolute atomic E-state index is 0.155. The van der Waals surface area contributed by atoms with Gasteiger partial charge in [-0.1, -0.05) is 35.5 Å². The minimum Gasteiger partial charge on any atom is -0.497 e. The number of hydrogen-bond acceptors (Lipinski definition) is 6. The van der Waals surface area contributed by atoms with E-state index in [2.05, 4.69) is 32.7 Å². The molecule has 1 amide bonds. The number of ether oxygens (including phenoxy) is 1. The highest BCUT2D eigenvalue weighted by molar-refractivity contribution is 5.93. The first-order valence-corrected chi connectivity index (χ1v) is 10.9. The van der Waals surface area contributed by atoms with Crippen molar-refractivity contribution in [1.29, 1.82) is 0 Å². The second kappa shape index (κ2) is 9.93. The third-order valence-corrected chi connectivity index (χ3v) is 5.85. The van der Waals surface area contributed by atoms with Gasteiger partial charge in [0.15, 0.2) is 5.69 Å². The molecule has 8 nitrogen and oxygen atoms in total. The molecule has 0 unspecified atom stereocenters. The number of nitrogens with one attached hydrogen (secondary N) is 1. The summed E-state index contributed by atoms with van der Waals surface area (Å²) in [5, 5.41) is 20.8. The number of benzene rings is 2. The maximum absolute atomic E-state index is 12.7. The molecule has 1 saturated heterocycles. The van der Waals surface area contributed by atoms with Crippen LogP contribution in [0.25, 0.3) is 5.69 Å². The zero-order valence-corrected chi connectivity index (χ0v) is 18.5. The van der Waals surface area contributed by atoms with Crippen molar-refractivity contribution in [2.24, 2.45) is 0 Å². The Balaban J connectivity index is 1.34. The second-order valence-electron chi connectivity index (χ2n) is 8.14. The molecule has 0 aliphatic carbocycles. The fourth-order valence-corrected chi connectivity index (χ4v) is 3.89. The van der Waals surface area contributed by atoms with Crippen molar-refractivity contribution >= 4 is 5.91 Å². The molecule has 1 aromatic heterocycles. The Bertz CT molecular complexity index is 1060. The first-order valence-electron chi connectivity index (χ1n) is 10.9. The maximum Gasteiger partial charge on any atom is 0.274 e. The van der Waals surface area contributed by atoms with Gasteiger partial charge in [-0.2, -0.15) is 0 Å². The summed E-state index contributed by atoms with van der Waals surface area (Å²) >= 11 is 0. The predicted molar refractivity (Wildman–Crippen MR) is 121 cm³/mol. The van der Waals surface area contributed by atoms with Gasteiger partial charge in [0.05, 0.1) is 24.6 Å². The molecular weight excluding hydrogens is 406 g/mol. The normalized spacial score (nSPS) is 15.0. The molecule has 2 N–H and O–H groups in total. The summed E-state index contributed by atoms with van der Waals surface area (Å²) < 4.78 is 6.89. The maximum atomic E-state index is 12.7. The Morgan fingerprint density at radius 1 is 1.16 bits per heavy atom. The van der Waals surface area contributed by atoms with Crippen molar-refractivity contribution < 1.29 is 14.6 Å². The molecule has 0 atom stereocenters. The molecule has 1 fully saturated rings. The van der Waals surface area contributed by atoms with E-state index < -0.39 is 0 Å². The van der Waals surface area contributed by atoms with E-state index in [4.69, 9.17) is 4.74 Å². The van der Waals surface area contributed by atoms with E-state index in [1.807, 2.05) is 43.3 Å². The summed E-state index contributed by atoms with van der Waals surface area (Å²) in [6.45, 7) is 4.97. The Labute approximate surface area is 187 Å². The number of carbonyl (C=O) groups excluding carboxylic acids is 1. The number of aliphatic hydroxyl groups is 1. The van der Waals surface area contributed by atoms with E-state index in [0.717, 1.165) is 43.7 Å². The molecule has 4 rings (SSSR count). The standard InChI is InChI=1S/C24H29N5O3/c1-17-23(26-27-29(17)20-4-3-5-22(14-20)32-2)24(31)25-15-18-6-8-19(9-7-18)16-28-12-10-21(30)11-13-28/h3-9,14,21,30H,10-13,15-16H2,1-2H3,(H,25,31). The molecular formula is C24H29N5O3. The molecule has 3 aromatic rings. The van der Waals surface area contributed by atoms with Gasteiger partial charge in [-0.25, -0.2) is 4.68 Å². The van der Waals surface area contributed by atoms with E-state index in [1.54, 1.807) is 11.8 Å². The number of amides is 1. The molecule has 32 heavy (non-hydrogen) atoms. The topological polar surface area (TPSA) is 92.5 Å². The van der Waals surface area contributed by atoms with Crippen LogP contribution in [0.2, 0.25) is 0 Å². The molecule has 0 bridgehead atoms. The van der Waals surface area contributed by atoms with Crippen LogP contribution in [-0.4, -0.2) is 57.2 Å². The first-order chi connectivity index (χ1) is 15.5. The predicted octanol–water partition coefficient (Wildman–Crippen LogP) is 2.47. The van der Waals surface area contributed by atoms with Gasteiger partial charge in [0.25, 0.3) is 5.91 Å². The van der Waals surface area contributed by atoms with Crippen LogP contribution in [0.15, 0.2) is 48.5 Å².